The Bertz CT molecular complexity index is 419. The monoisotopic (exact) mass is 250 g/mol. The number of rotatable bonds is 3. The fourth-order valence-electron chi connectivity index (χ4n) is 2.68. The summed E-state index contributed by atoms with van der Waals surface area (Å²) in [4.78, 5) is 12.4. The fourth-order valence-corrected chi connectivity index (χ4v) is 2.68. The summed E-state index contributed by atoms with van der Waals surface area (Å²) in [7, 11) is 2.05. The van der Waals surface area contributed by atoms with Gasteiger partial charge in [0.05, 0.1) is 4.92 Å². The minimum atomic E-state index is -0.387. The normalized spacial score (nSPS) is 25.0. The van der Waals surface area contributed by atoms with Gasteiger partial charge in [-0.05, 0) is 31.5 Å². The number of aliphatic hydroxyl groups is 1. The molecule has 0 aliphatic carbocycles. The van der Waals surface area contributed by atoms with Crippen LogP contribution in [0.15, 0.2) is 24.3 Å². The lowest BCUT2D eigenvalue weighted by molar-refractivity contribution is -0.384. The third-order valence-electron chi connectivity index (χ3n) is 3.70. The molecule has 0 unspecified atom stereocenters. The van der Waals surface area contributed by atoms with E-state index in [0.717, 1.165) is 25.1 Å². The number of hydrogen-bond acceptors (Lipinski definition) is 4. The summed E-state index contributed by atoms with van der Waals surface area (Å²) in [5.41, 5.74) is 1.21. The first-order valence-corrected chi connectivity index (χ1v) is 6.15. The van der Waals surface area contributed by atoms with Crippen molar-refractivity contribution in [2.45, 2.75) is 12.3 Å². The third-order valence-corrected chi connectivity index (χ3v) is 3.70. The van der Waals surface area contributed by atoms with Crippen molar-refractivity contribution in [3.05, 3.63) is 39.9 Å². The van der Waals surface area contributed by atoms with Crippen molar-refractivity contribution in [3.8, 4) is 0 Å². The van der Waals surface area contributed by atoms with Gasteiger partial charge < -0.3 is 10.0 Å². The molecule has 98 valence electrons. The Kier molecular flexibility index (Phi) is 3.93. The van der Waals surface area contributed by atoms with E-state index in [1.807, 2.05) is 12.1 Å². The predicted molar refractivity (Wildman–Crippen MR) is 68.5 cm³/mol. The van der Waals surface area contributed by atoms with E-state index < -0.39 is 0 Å². The number of hydrogen-bond donors (Lipinski definition) is 1. The van der Waals surface area contributed by atoms with Crippen molar-refractivity contribution in [1.82, 2.24) is 4.90 Å². The third kappa shape index (κ3) is 2.68. The van der Waals surface area contributed by atoms with Crippen LogP contribution in [0.4, 0.5) is 5.69 Å². The van der Waals surface area contributed by atoms with Crippen LogP contribution in [0.1, 0.15) is 17.9 Å². The van der Waals surface area contributed by atoms with Crippen LogP contribution in [-0.4, -0.2) is 41.7 Å². The van der Waals surface area contributed by atoms with Crippen LogP contribution < -0.4 is 0 Å². The first-order valence-electron chi connectivity index (χ1n) is 6.15. The molecule has 0 radical (unpaired) electrons. The number of aliphatic hydroxyl groups excluding tert-OH is 1. The van der Waals surface area contributed by atoms with Gasteiger partial charge in [0.2, 0.25) is 0 Å². The van der Waals surface area contributed by atoms with Crippen LogP contribution >= 0.6 is 0 Å². The van der Waals surface area contributed by atoms with Crippen molar-refractivity contribution < 1.29 is 10.0 Å². The molecule has 0 amide bonds. The fraction of sp³-hybridized carbons (Fsp3) is 0.538. The number of nitrogens with zero attached hydrogens (tertiary/aromatic N) is 2. The molecule has 18 heavy (non-hydrogen) atoms. The molecule has 0 aromatic heterocycles. The molecule has 5 nitrogen and oxygen atoms in total. The molecule has 1 heterocycles. The minimum Gasteiger partial charge on any atom is -0.396 e. The molecule has 1 saturated heterocycles. The van der Waals surface area contributed by atoms with Crippen LogP contribution in [-0.2, 0) is 0 Å². The highest BCUT2D eigenvalue weighted by Crippen LogP contribution is 2.33. The molecule has 2 atom stereocenters. The largest absolute Gasteiger partial charge is 0.396 e. The Morgan fingerprint density at radius 2 is 2.11 bits per heavy atom. The summed E-state index contributed by atoms with van der Waals surface area (Å²) in [6, 6.07) is 6.72. The molecule has 0 spiro atoms. The summed E-state index contributed by atoms with van der Waals surface area (Å²) >= 11 is 0. The second kappa shape index (κ2) is 5.46. The molecule has 1 fully saturated rings. The van der Waals surface area contributed by atoms with Crippen molar-refractivity contribution in [2.24, 2.45) is 5.92 Å². The molecular formula is C13H18N2O3. The molecule has 1 aliphatic rings. The van der Waals surface area contributed by atoms with Crippen LogP contribution in [0.25, 0.3) is 0 Å². The van der Waals surface area contributed by atoms with E-state index in [0.29, 0.717) is 5.92 Å². The Labute approximate surface area is 106 Å². The Morgan fingerprint density at radius 3 is 2.67 bits per heavy atom. The van der Waals surface area contributed by atoms with E-state index in [4.69, 9.17) is 0 Å². The zero-order valence-corrected chi connectivity index (χ0v) is 10.5. The van der Waals surface area contributed by atoms with Gasteiger partial charge in [-0.25, -0.2) is 0 Å². The minimum absolute atomic E-state index is 0.118. The van der Waals surface area contributed by atoms with Crippen LogP contribution in [0.5, 0.6) is 0 Å². The highest BCUT2D eigenvalue weighted by atomic mass is 16.6. The molecule has 1 N–H and O–H groups in total. The smallest absolute Gasteiger partial charge is 0.269 e. The van der Waals surface area contributed by atoms with E-state index in [-0.39, 0.29) is 23.1 Å². The number of non-ortho nitro benzene ring substituents is 1. The van der Waals surface area contributed by atoms with Crippen molar-refractivity contribution in [3.63, 3.8) is 0 Å². The summed E-state index contributed by atoms with van der Waals surface area (Å²) in [5.74, 6) is 0.511. The number of benzene rings is 1. The van der Waals surface area contributed by atoms with Gasteiger partial charge in [0.1, 0.15) is 0 Å². The molecule has 1 aliphatic heterocycles. The quantitative estimate of drug-likeness (QED) is 0.654. The molecule has 0 bridgehead atoms. The average molecular weight is 250 g/mol. The standard InChI is InChI=1S/C13H18N2O3/c1-14-7-6-13(11(8-14)9-16)10-2-4-12(5-3-10)15(17)18/h2-5,11,13,16H,6-9H2,1H3/t11-,13+/m0/s1. The molecule has 0 saturated carbocycles. The zero-order valence-electron chi connectivity index (χ0n) is 10.5. The zero-order chi connectivity index (χ0) is 13.1. The topological polar surface area (TPSA) is 66.6 Å². The number of likely N-dealkylation sites (tertiary alicyclic amines) is 1. The van der Waals surface area contributed by atoms with E-state index in [1.165, 1.54) is 0 Å². The van der Waals surface area contributed by atoms with Gasteiger partial charge in [-0.15, -0.1) is 0 Å². The van der Waals surface area contributed by atoms with Gasteiger partial charge in [0.15, 0.2) is 0 Å². The maximum absolute atomic E-state index is 10.6. The highest BCUT2D eigenvalue weighted by molar-refractivity contribution is 5.34. The lowest BCUT2D eigenvalue weighted by atomic mass is 9.81. The average Bonchev–Trinajstić information content (AvgIpc) is 2.38. The first kappa shape index (κ1) is 13.0. The number of nitro groups is 1. The highest BCUT2D eigenvalue weighted by Gasteiger charge is 2.28. The summed E-state index contributed by atoms with van der Waals surface area (Å²) < 4.78 is 0. The van der Waals surface area contributed by atoms with Gasteiger partial charge >= 0.3 is 0 Å². The molecule has 2 rings (SSSR count). The van der Waals surface area contributed by atoms with Gasteiger partial charge in [0, 0.05) is 31.2 Å². The SMILES string of the molecule is CN1CC[C@H](c2ccc([N+](=O)[O-])cc2)[C@H](CO)C1. The summed E-state index contributed by atoms with van der Waals surface area (Å²) in [6.45, 7) is 2.03. The van der Waals surface area contributed by atoms with Crippen LogP contribution in [0, 0.1) is 16.0 Å². The van der Waals surface area contributed by atoms with E-state index in [9.17, 15) is 15.2 Å². The Hall–Kier alpha value is -1.46. The van der Waals surface area contributed by atoms with Gasteiger partial charge in [-0.3, -0.25) is 10.1 Å². The van der Waals surface area contributed by atoms with Crippen molar-refractivity contribution >= 4 is 5.69 Å². The Morgan fingerprint density at radius 1 is 1.44 bits per heavy atom. The van der Waals surface area contributed by atoms with Gasteiger partial charge in [-0.1, -0.05) is 12.1 Å². The van der Waals surface area contributed by atoms with Crippen molar-refractivity contribution in [1.29, 1.82) is 0 Å². The summed E-state index contributed by atoms with van der Waals surface area (Å²) in [6.07, 6.45) is 0.986. The summed E-state index contributed by atoms with van der Waals surface area (Å²) in [5, 5.41) is 20.1. The lowest BCUT2D eigenvalue weighted by Crippen LogP contribution is -2.38. The number of piperidine rings is 1. The predicted octanol–water partition coefficient (Wildman–Crippen LogP) is 1.62. The maximum Gasteiger partial charge on any atom is 0.269 e. The first-order chi connectivity index (χ1) is 8.61. The van der Waals surface area contributed by atoms with E-state index >= 15 is 0 Å². The number of nitro benzene ring substituents is 1. The molecule has 1 aromatic carbocycles. The van der Waals surface area contributed by atoms with Gasteiger partial charge in [-0.2, -0.15) is 0 Å². The molecule has 5 heteroatoms. The van der Waals surface area contributed by atoms with Crippen molar-refractivity contribution in [2.75, 3.05) is 26.7 Å². The van der Waals surface area contributed by atoms with E-state index in [1.54, 1.807) is 12.1 Å². The lowest BCUT2D eigenvalue weighted by Gasteiger charge is -2.36. The second-order valence-electron chi connectivity index (χ2n) is 4.95. The maximum atomic E-state index is 10.6. The van der Waals surface area contributed by atoms with Crippen LogP contribution in [0.3, 0.4) is 0 Å². The molecular weight excluding hydrogens is 232 g/mol. The van der Waals surface area contributed by atoms with Gasteiger partial charge in [0.25, 0.3) is 5.69 Å². The van der Waals surface area contributed by atoms with Crippen LogP contribution in [0.2, 0.25) is 0 Å². The molecule has 1 aromatic rings. The Balaban J connectivity index is 2.17. The second-order valence-corrected chi connectivity index (χ2v) is 4.95. The van der Waals surface area contributed by atoms with E-state index in [2.05, 4.69) is 11.9 Å².